The minimum atomic E-state index is -0.0319. The molecule has 1 aliphatic rings. The van der Waals surface area contributed by atoms with E-state index in [-0.39, 0.29) is 17.4 Å². The van der Waals surface area contributed by atoms with E-state index in [1.165, 1.54) is 0 Å². The molecule has 0 radical (unpaired) electrons. The summed E-state index contributed by atoms with van der Waals surface area (Å²) < 4.78 is 0. The molecule has 14 heavy (non-hydrogen) atoms. The molecule has 1 unspecified atom stereocenters. The lowest BCUT2D eigenvalue weighted by atomic mass is 9.85. The summed E-state index contributed by atoms with van der Waals surface area (Å²) in [5.41, 5.74) is 5.99. The van der Waals surface area contributed by atoms with Crippen LogP contribution in [0.2, 0.25) is 0 Å². The van der Waals surface area contributed by atoms with E-state index in [4.69, 9.17) is 5.73 Å². The zero-order chi connectivity index (χ0) is 10.8. The fourth-order valence-electron chi connectivity index (χ4n) is 1.59. The molecular weight excluding hydrogens is 176 g/mol. The van der Waals surface area contributed by atoms with Crippen molar-refractivity contribution in [3.63, 3.8) is 0 Å². The molecule has 1 amide bonds. The van der Waals surface area contributed by atoms with Gasteiger partial charge in [-0.05, 0) is 18.3 Å². The van der Waals surface area contributed by atoms with Crippen LogP contribution in [0.5, 0.6) is 0 Å². The maximum absolute atomic E-state index is 11.7. The Morgan fingerprint density at radius 2 is 1.86 bits per heavy atom. The van der Waals surface area contributed by atoms with Crippen LogP contribution in [0.3, 0.4) is 0 Å². The Morgan fingerprint density at radius 1 is 1.36 bits per heavy atom. The maximum atomic E-state index is 11.7. The Morgan fingerprint density at radius 3 is 2.29 bits per heavy atom. The smallest absolute Gasteiger partial charge is 0.224 e. The van der Waals surface area contributed by atoms with E-state index >= 15 is 0 Å². The molecule has 1 fully saturated rings. The molecule has 1 aliphatic heterocycles. The van der Waals surface area contributed by atoms with E-state index in [0.717, 1.165) is 25.9 Å². The first-order chi connectivity index (χ1) is 6.41. The molecule has 82 valence electrons. The number of hydrogen-bond acceptors (Lipinski definition) is 2. The van der Waals surface area contributed by atoms with Gasteiger partial charge in [-0.2, -0.15) is 0 Å². The van der Waals surface area contributed by atoms with Crippen molar-refractivity contribution >= 4 is 5.91 Å². The van der Waals surface area contributed by atoms with Crippen LogP contribution in [-0.2, 0) is 4.79 Å². The standard InChI is InChI=1S/C11H22N2O/c1-11(2,3)9(12)8-10(14)13-6-4-5-7-13/h9H,4-8,12H2,1-3H3. The van der Waals surface area contributed by atoms with Crippen LogP contribution in [0.1, 0.15) is 40.0 Å². The molecule has 0 aromatic carbocycles. The van der Waals surface area contributed by atoms with E-state index in [2.05, 4.69) is 20.8 Å². The van der Waals surface area contributed by atoms with Gasteiger partial charge in [-0.15, -0.1) is 0 Å². The van der Waals surface area contributed by atoms with E-state index < -0.39 is 0 Å². The first-order valence-corrected chi connectivity index (χ1v) is 5.44. The number of carbonyl (C=O) groups is 1. The fraction of sp³-hybridized carbons (Fsp3) is 0.909. The highest BCUT2D eigenvalue weighted by molar-refractivity contribution is 5.77. The minimum absolute atomic E-state index is 0.0232. The lowest BCUT2D eigenvalue weighted by Gasteiger charge is -2.28. The summed E-state index contributed by atoms with van der Waals surface area (Å²) in [6.07, 6.45) is 2.79. The Labute approximate surface area is 86.6 Å². The second kappa shape index (κ2) is 4.30. The average molecular weight is 198 g/mol. The molecule has 2 N–H and O–H groups in total. The Hall–Kier alpha value is -0.570. The van der Waals surface area contributed by atoms with Crippen molar-refractivity contribution in [1.82, 2.24) is 4.90 Å². The first kappa shape index (κ1) is 11.5. The molecule has 0 aromatic heterocycles. The molecule has 1 rings (SSSR count). The molecule has 0 aliphatic carbocycles. The number of nitrogens with zero attached hydrogens (tertiary/aromatic N) is 1. The van der Waals surface area contributed by atoms with Crippen molar-refractivity contribution in [2.24, 2.45) is 11.1 Å². The van der Waals surface area contributed by atoms with Crippen LogP contribution in [0, 0.1) is 5.41 Å². The van der Waals surface area contributed by atoms with Crippen molar-refractivity contribution in [2.45, 2.75) is 46.1 Å². The summed E-state index contributed by atoms with van der Waals surface area (Å²) in [6, 6.07) is -0.0319. The minimum Gasteiger partial charge on any atom is -0.343 e. The van der Waals surface area contributed by atoms with Crippen LogP contribution < -0.4 is 5.73 Å². The number of likely N-dealkylation sites (tertiary alicyclic amines) is 1. The number of carbonyl (C=O) groups excluding carboxylic acids is 1. The van der Waals surface area contributed by atoms with Gasteiger partial charge in [0.1, 0.15) is 0 Å². The van der Waals surface area contributed by atoms with Crippen molar-refractivity contribution in [2.75, 3.05) is 13.1 Å². The van der Waals surface area contributed by atoms with Crippen molar-refractivity contribution in [3.8, 4) is 0 Å². The summed E-state index contributed by atoms with van der Waals surface area (Å²) >= 11 is 0. The quantitative estimate of drug-likeness (QED) is 0.728. The van der Waals surface area contributed by atoms with Gasteiger partial charge in [-0.25, -0.2) is 0 Å². The highest BCUT2D eigenvalue weighted by Gasteiger charge is 2.26. The molecular formula is C11H22N2O. The average Bonchev–Trinajstić information content (AvgIpc) is 2.53. The van der Waals surface area contributed by atoms with Gasteiger partial charge >= 0.3 is 0 Å². The number of hydrogen-bond donors (Lipinski definition) is 1. The monoisotopic (exact) mass is 198 g/mol. The summed E-state index contributed by atoms with van der Waals surface area (Å²) in [4.78, 5) is 13.7. The molecule has 3 heteroatoms. The zero-order valence-corrected chi connectivity index (χ0v) is 9.55. The first-order valence-electron chi connectivity index (χ1n) is 5.44. The summed E-state index contributed by atoms with van der Waals surface area (Å²) in [7, 11) is 0. The Kier molecular flexibility index (Phi) is 3.53. The summed E-state index contributed by atoms with van der Waals surface area (Å²) in [5.74, 6) is 0.227. The largest absolute Gasteiger partial charge is 0.343 e. The van der Waals surface area contributed by atoms with Crippen LogP contribution in [0.15, 0.2) is 0 Å². The molecule has 0 aromatic rings. The van der Waals surface area contributed by atoms with Crippen molar-refractivity contribution in [1.29, 1.82) is 0 Å². The summed E-state index contributed by atoms with van der Waals surface area (Å²) in [5, 5.41) is 0. The molecule has 0 saturated carbocycles. The van der Waals surface area contributed by atoms with E-state index in [1.807, 2.05) is 4.90 Å². The SMILES string of the molecule is CC(C)(C)C(N)CC(=O)N1CCCC1. The second-order valence-corrected chi connectivity index (χ2v) is 5.26. The molecule has 0 spiro atoms. The Balaban J connectivity index is 2.40. The maximum Gasteiger partial charge on any atom is 0.224 e. The third-order valence-corrected chi connectivity index (χ3v) is 2.97. The van der Waals surface area contributed by atoms with Crippen LogP contribution in [-0.4, -0.2) is 29.9 Å². The molecule has 1 heterocycles. The number of amides is 1. The van der Waals surface area contributed by atoms with E-state index in [9.17, 15) is 4.79 Å². The predicted molar refractivity (Wildman–Crippen MR) is 57.9 cm³/mol. The highest BCUT2D eigenvalue weighted by atomic mass is 16.2. The van der Waals surface area contributed by atoms with Gasteiger partial charge in [0.2, 0.25) is 5.91 Å². The Bertz CT molecular complexity index is 202. The number of nitrogens with two attached hydrogens (primary N) is 1. The topological polar surface area (TPSA) is 46.3 Å². The van der Waals surface area contributed by atoms with Crippen LogP contribution in [0.4, 0.5) is 0 Å². The van der Waals surface area contributed by atoms with Gasteiger partial charge in [-0.1, -0.05) is 20.8 Å². The molecule has 3 nitrogen and oxygen atoms in total. The van der Waals surface area contributed by atoms with Gasteiger partial charge in [0.15, 0.2) is 0 Å². The normalized spacial score (nSPS) is 19.9. The third kappa shape index (κ3) is 2.98. The third-order valence-electron chi connectivity index (χ3n) is 2.97. The number of rotatable bonds is 2. The van der Waals surface area contributed by atoms with E-state index in [1.54, 1.807) is 0 Å². The second-order valence-electron chi connectivity index (χ2n) is 5.26. The van der Waals surface area contributed by atoms with Gasteiger partial charge in [0, 0.05) is 25.6 Å². The van der Waals surface area contributed by atoms with Gasteiger partial charge in [0.05, 0.1) is 0 Å². The summed E-state index contributed by atoms with van der Waals surface area (Å²) in [6.45, 7) is 8.09. The molecule has 1 saturated heterocycles. The lowest BCUT2D eigenvalue weighted by molar-refractivity contribution is -0.131. The zero-order valence-electron chi connectivity index (χ0n) is 9.55. The predicted octanol–water partition coefficient (Wildman–Crippen LogP) is 1.37. The fourth-order valence-corrected chi connectivity index (χ4v) is 1.59. The lowest BCUT2D eigenvalue weighted by Crippen LogP contribution is -2.41. The molecule has 1 atom stereocenters. The van der Waals surface area contributed by atoms with Crippen molar-refractivity contribution < 1.29 is 4.79 Å². The van der Waals surface area contributed by atoms with Crippen LogP contribution >= 0.6 is 0 Å². The van der Waals surface area contributed by atoms with E-state index in [0.29, 0.717) is 6.42 Å². The van der Waals surface area contributed by atoms with Crippen LogP contribution in [0.25, 0.3) is 0 Å². The molecule has 0 bridgehead atoms. The van der Waals surface area contributed by atoms with Crippen molar-refractivity contribution in [3.05, 3.63) is 0 Å². The van der Waals surface area contributed by atoms with Gasteiger partial charge in [-0.3, -0.25) is 4.79 Å². The van der Waals surface area contributed by atoms with Gasteiger partial charge in [0.25, 0.3) is 0 Å². The highest BCUT2D eigenvalue weighted by Crippen LogP contribution is 2.21. The van der Waals surface area contributed by atoms with Gasteiger partial charge < -0.3 is 10.6 Å².